The van der Waals surface area contributed by atoms with Gasteiger partial charge >= 0.3 is 0 Å². The summed E-state index contributed by atoms with van der Waals surface area (Å²) in [5.41, 5.74) is 0. The number of likely N-dealkylation sites (N-methyl/N-ethyl adjacent to an activating group) is 2. The van der Waals surface area contributed by atoms with Gasteiger partial charge in [-0.2, -0.15) is 0 Å². The predicted octanol–water partition coefficient (Wildman–Crippen LogP) is 0.145. The first-order valence-electron chi connectivity index (χ1n) is 5.97. The topological polar surface area (TPSA) is 61.4 Å². The van der Waals surface area contributed by atoms with Gasteiger partial charge in [-0.3, -0.25) is 9.59 Å². The van der Waals surface area contributed by atoms with Gasteiger partial charge in [-0.1, -0.05) is 0 Å². The number of halogens is 1. The minimum atomic E-state index is -0.0885. The number of hydrogen-bond donors (Lipinski definition) is 2. The molecule has 0 radical (unpaired) electrons. The number of nitrogens with zero attached hydrogens (tertiary/aromatic N) is 1. The smallest absolute Gasteiger partial charge is 0.240 e. The van der Waals surface area contributed by atoms with Gasteiger partial charge in [-0.25, -0.2) is 0 Å². The van der Waals surface area contributed by atoms with Crippen LogP contribution in [0.3, 0.4) is 0 Å². The first-order chi connectivity index (χ1) is 7.69. The van der Waals surface area contributed by atoms with Crippen molar-refractivity contribution in [1.82, 2.24) is 15.5 Å². The number of carbonyl (C=O) groups is 2. The SMILES string of the molecule is CCNC(=O)CN(CC)C(=O)[C@@H]1CCCN1.Cl. The molecule has 1 atom stereocenters. The first-order valence-corrected chi connectivity index (χ1v) is 5.97. The van der Waals surface area contributed by atoms with Gasteiger partial charge in [0.25, 0.3) is 0 Å². The minimum absolute atomic E-state index is 0. The molecule has 0 aromatic heterocycles. The van der Waals surface area contributed by atoms with E-state index in [4.69, 9.17) is 0 Å². The van der Waals surface area contributed by atoms with E-state index < -0.39 is 0 Å². The van der Waals surface area contributed by atoms with Crippen LogP contribution in [0.5, 0.6) is 0 Å². The standard InChI is InChI=1S/C11H21N3O2.ClH/c1-3-12-10(15)8-14(4-2)11(16)9-6-5-7-13-9;/h9,13H,3-8H2,1-2H3,(H,12,15);1H/t9-;/m0./s1. The summed E-state index contributed by atoms with van der Waals surface area (Å²) in [5, 5.41) is 5.86. The summed E-state index contributed by atoms with van der Waals surface area (Å²) in [6.07, 6.45) is 1.92. The van der Waals surface area contributed by atoms with Crippen LogP contribution >= 0.6 is 12.4 Å². The fourth-order valence-electron chi connectivity index (χ4n) is 1.89. The molecule has 0 aromatic carbocycles. The first kappa shape index (κ1) is 16.2. The Kier molecular flexibility index (Phi) is 7.91. The summed E-state index contributed by atoms with van der Waals surface area (Å²) in [6.45, 7) is 6.01. The van der Waals surface area contributed by atoms with Crippen molar-refractivity contribution >= 4 is 24.2 Å². The summed E-state index contributed by atoms with van der Waals surface area (Å²) in [7, 11) is 0. The second-order valence-corrected chi connectivity index (χ2v) is 3.95. The Morgan fingerprint density at radius 2 is 2.12 bits per heavy atom. The van der Waals surface area contributed by atoms with Crippen LogP contribution in [0.4, 0.5) is 0 Å². The monoisotopic (exact) mass is 263 g/mol. The van der Waals surface area contributed by atoms with Crippen molar-refractivity contribution in [3.63, 3.8) is 0 Å². The molecule has 1 aliphatic heterocycles. The number of amides is 2. The summed E-state index contributed by atoms with van der Waals surface area (Å²) in [6, 6.07) is -0.0885. The van der Waals surface area contributed by atoms with Crippen molar-refractivity contribution < 1.29 is 9.59 Å². The number of carbonyl (C=O) groups excluding carboxylic acids is 2. The van der Waals surface area contributed by atoms with Crippen LogP contribution in [0.15, 0.2) is 0 Å². The molecular formula is C11H22ClN3O2. The molecule has 5 nitrogen and oxygen atoms in total. The second kappa shape index (κ2) is 8.31. The minimum Gasteiger partial charge on any atom is -0.355 e. The van der Waals surface area contributed by atoms with Gasteiger partial charge in [-0.05, 0) is 33.2 Å². The van der Waals surface area contributed by atoms with Crippen LogP contribution in [0.25, 0.3) is 0 Å². The van der Waals surface area contributed by atoms with Gasteiger partial charge in [0.05, 0.1) is 12.6 Å². The lowest BCUT2D eigenvalue weighted by atomic mass is 10.2. The molecule has 6 heteroatoms. The van der Waals surface area contributed by atoms with E-state index in [0.29, 0.717) is 13.1 Å². The Bertz CT molecular complexity index is 255. The number of rotatable bonds is 5. The zero-order valence-electron chi connectivity index (χ0n) is 10.5. The van der Waals surface area contributed by atoms with Gasteiger partial charge in [0.15, 0.2) is 0 Å². The van der Waals surface area contributed by atoms with Crippen molar-refractivity contribution in [3.8, 4) is 0 Å². The fourth-order valence-corrected chi connectivity index (χ4v) is 1.89. The molecule has 1 aliphatic rings. The normalized spacial score (nSPS) is 18.4. The van der Waals surface area contributed by atoms with Crippen LogP contribution in [0.1, 0.15) is 26.7 Å². The number of hydrogen-bond acceptors (Lipinski definition) is 3. The van der Waals surface area contributed by atoms with Crippen LogP contribution in [0, 0.1) is 0 Å². The lowest BCUT2D eigenvalue weighted by Gasteiger charge is -2.23. The molecule has 2 amide bonds. The van der Waals surface area contributed by atoms with Crippen molar-refractivity contribution in [2.24, 2.45) is 0 Å². The molecule has 0 saturated carbocycles. The highest BCUT2D eigenvalue weighted by Gasteiger charge is 2.26. The van der Waals surface area contributed by atoms with E-state index >= 15 is 0 Å². The summed E-state index contributed by atoms with van der Waals surface area (Å²) < 4.78 is 0. The highest BCUT2D eigenvalue weighted by atomic mass is 35.5. The molecule has 0 aliphatic carbocycles. The Morgan fingerprint density at radius 3 is 2.59 bits per heavy atom. The summed E-state index contributed by atoms with van der Waals surface area (Å²) in [4.78, 5) is 25.0. The average Bonchev–Trinajstić information content (AvgIpc) is 2.78. The largest absolute Gasteiger partial charge is 0.355 e. The van der Waals surface area contributed by atoms with E-state index in [1.807, 2.05) is 13.8 Å². The third kappa shape index (κ3) is 4.91. The lowest BCUT2D eigenvalue weighted by Crippen LogP contribution is -2.47. The highest BCUT2D eigenvalue weighted by Crippen LogP contribution is 2.08. The van der Waals surface area contributed by atoms with Crippen LogP contribution in [0.2, 0.25) is 0 Å². The third-order valence-electron chi connectivity index (χ3n) is 2.76. The molecule has 1 heterocycles. The molecule has 0 spiro atoms. The quantitative estimate of drug-likeness (QED) is 0.742. The van der Waals surface area contributed by atoms with Crippen molar-refractivity contribution in [2.45, 2.75) is 32.7 Å². The molecule has 0 unspecified atom stereocenters. The van der Waals surface area contributed by atoms with Crippen LogP contribution < -0.4 is 10.6 Å². The zero-order valence-corrected chi connectivity index (χ0v) is 11.3. The van der Waals surface area contributed by atoms with Crippen molar-refractivity contribution in [1.29, 1.82) is 0 Å². The van der Waals surface area contributed by atoms with E-state index in [-0.39, 0.29) is 36.8 Å². The maximum atomic E-state index is 12.0. The Hall–Kier alpha value is -0.810. The summed E-state index contributed by atoms with van der Waals surface area (Å²) >= 11 is 0. The maximum Gasteiger partial charge on any atom is 0.240 e. The molecule has 100 valence electrons. The van der Waals surface area contributed by atoms with E-state index in [2.05, 4.69) is 10.6 Å². The van der Waals surface area contributed by atoms with Gasteiger partial charge < -0.3 is 15.5 Å². The zero-order chi connectivity index (χ0) is 12.0. The molecule has 0 aromatic rings. The molecule has 1 fully saturated rings. The third-order valence-corrected chi connectivity index (χ3v) is 2.76. The number of nitrogens with one attached hydrogen (secondary N) is 2. The van der Waals surface area contributed by atoms with Crippen LogP contribution in [-0.2, 0) is 9.59 Å². The molecule has 1 saturated heterocycles. The highest BCUT2D eigenvalue weighted by molar-refractivity contribution is 5.87. The van der Waals surface area contributed by atoms with E-state index in [1.54, 1.807) is 4.90 Å². The maximum absolute atomic E-state index is 12.0. The van der Waals surface area contributed by atoms with Gasteiger partial charge in [0, 0.05) is 13.1 Å². The van der Waals surface area contributed by atoms with Gasteiger partial charge in [0.2, 0.25) is 11.8 Å². The molecule has 2 N–H and O–H groups in total. The van der Waals surface area contributed by atoms with Gasteiger partial charge in [-0.15, -0.1) is 12.4 Å². The Balaban J connectivity index is 0.00000256. The Labute approximate surface area is 109 Å². The average molecular weight is 264 g/mol. The molecular weight excluding hydrogens is 242 g/mol. The molecule has 17 heavy (non-hydrogen) atoms. The second-order valence-electron chi connectivity index (χ2n) is 3.95. The molecule has 0 bridgehead atoms. The van der Waals surface area contributed by atoms with Crippen molar-refractivity contribution in [2.75, 3.05) is 26.2 Å². The van der Waals surface area contributed by atoms with Crippen LogP contribution in [-0.4, -0.2) is 48.9 Å². The van der Waals surface area contributed by atoms with Gasteiger partial charge in [0.1, 0.15) is 0 Å². The van der Waals surface area contributed by atoms with Crippen molar-refractivity contribution in [3.05, 3.63) is 0 Å². The van der Waals surface area contributed by atoms with E-state index in [0.717, 1.165) is 19.4 Å². The fraction of sp³-hybridized carbons (Fsp3) is 0.818. The predicted molar refractivity (Wildman–Crippen MR) is 69.2 cm³/mol. The Morgan fingerprint density at radius 1 is 1.41 bits per heavy atom. The van der Waals surface area contributed by atoms with E-state index in [9.17, 15) is 9.59 Å². The summed E-state index contributed by atoms with van der Waals surface area (Å²) in [5.74, 6) is -0.0399. The molecule has 1 rings (SSSR count). The lowest BCUT2D eigenvalue weighted by molar-refractivity contribution is -0.137. The van der Waals surface area contributed by atoms with E-state index in [1.165, 1.54) is 0 Å².